The van der Waals surface area contributed by atoms with Gasteiger partial charge in [0.1, 0.15) is 4.90 Å². The van der Waals surface area contributed by atoms with Crippen molar-refractivity contribution in [3.63, 3.8) is 0 Å². The fourth-order valence-corrected chi connectivity index (χ4v) is 6.84. The van der Waals surface area contributed by atoms with E-state index < -0.39 is 75.3 Å². The van der Waals surface area contributed by atoms with Crippen LogP contribution >= 0.6 is 11.6 Å². The van der Waals surface area contributed by atoms with Crippen molar-refractivity contribution in [1.82, 2.24) is 10.1 Å². The van der Waals surface area contributed by atoms with Crippen LogP contribution in [0.4, 0.5) is 5.69 Å². The Kier molecular flexibility index (Phi) is 10.6. The highest BCUT2D eigenvalue weighted by atomic mass is 35.5. The first-order valence-corrected chi connectivity index (χ1v) is 15.7. The third-order valence-corrected chi connectivity index (χ3v) is 8.96. The van der Waals surface area contributed by atoms with E-state index in [-0.39, 0.29) is 16.6 Å². The minimum Gasteiger partial charge on any atom is -0.467 e. The van der Waals surface area contributed by atoms with Gasteiger partial charge in [0.05, 0.1) is 23.9 Å². The van der Waals surface area contributed by atoms with Crippen LogP contribution in [0, 0.1) is 0 Å². The van der Waals surface area contributed by atoms with E-state index in [4.69, 9.17) is 35.3 Å². The average Bonchev–Trinajstić information content (AvgIpc) is 3.29. The molecule has 1 amide bonds. The second kappa shape index (κ2) is 14.0. The van der Waals surface area contributed by atoms with Crippen LogP contribution in [0.2, 0.25) is 5.02 Å². The molecule has 2 heterocycles. The maximum atomic E-state index is 13.8. The molecule has 0 aliphatic carbocycles. The number of amides is 1. The quantitative estimate of drug-likeness (QED) is 0.285. The highest BCUT2D eigenvalue weighted by Crippen LogP contribution is 2.32. The summed E-state index contributed by atoms with van der Waals surface area (Å²) >= 11 is 6.28. The van der Waals surface area contributed by atoms with E-state index in [0.717, 1.165) is 45.2 Å². The van der Waals surface area contributed by atoms with Crippen molar-refractivity contribution >= 4 is 57.1 Å². The number of rotatable bonds is 9. The lowest BCUT2D eigenvalue weighted by Crippen LogP contribution is -2.66. The largest absolute Gasteiger partial charge is 0.467 e. The number of sulfonamides is 1. The molecule has 0 saturated carbocycles. The second-order valence-corrected chi connectivity index (χ2v) is 12.6. The third-order valence-electron chi connectivity index (χ3n) is 7.06. The van der Waals surface area contributed by atoms with Gasteiger partial charge >= 0.3 is 23.9 Å². The standard InChI is InChI=1S/C29H32ClN3O12S/c1-14-12-18-8-6-7-9-21(18)33(14)31-27(37)19-10-11-20(30)22(13-19)46(39,40)32-28-25(44-17(4)36)23(42-15(2)34)24(43-16(3)35)26(45-28)29(38)41-5/h6-11,13-14,23-26,28,32H,12H2,1-5H3,(H,31,37)/t14?,23-,24-,25+,26-,28+/m0/s1. The van der Waals surface area contributed by atoms with Crippen LogP contribution in [0.1, 0.15) is 43.6 Å². The molecule has 46 heavy (non-hydrogen) atoms. The van der Waals surface area contributed by atoms with E-state index >= 15 is 0 Å². The summed E-state index contributed by atoms with van der Waals surface area (Å²) in [7, 11) is -3.75. The number of hydrazine groups is 1. The molecule has 248 valence electrons. The Morgan fingerprint density at radius 2 is 1.52 bits per heavy atom. The van der Waals surface area contributed by atoms with Crippen molar-refractivity contribution in [3.8, 4) is 0 Å². The number of anilines is 1. The summed E-state index contributed by atoms with van der Waals surface area (Å²) in [4.78, 5) is 61.4. The van der Waals surface area contributed by atoms with Crippen molar-refractivity contribution in [3.05, 3.63) is 58.6 Å². The van der Waals surface area contributed by atoms with Crippen LogP contribution in [0.5, 0.6) is 0 Å². The molecular formula is C29H32ClN3O12S. The van der Waals surface area contributed by atoms with Gasteiger partial charge in [-0.05, 0) is 43.2 Å². The molecule has 2 N–H and O–H groups in total. The Labute approximate surface area is 269 Å². The van der Waals surface area contributed by atoms with E-state index in [0.29, 0.717) is 6.42 Å². The number of nitrogens with one attached hydrogen (secondary N) is 2. The zero-order chi connectivity index (χ0) is 33.9. The van der Waals surface area contributed by atoms with Crippen molar-refractivity contribution in [2.45, 2.75) is 75.7 Å². The van der Waals surface area contributed by atoms with Gasteiger partial charge in [-0.1, -0.05) is 29.8 Å². The Morgan fingerprint density at radius 3 is 2.15 bits per heavy atom. The van der Waals surface area contributed by atoms with Crippen LogP contribution in [0.3, 0.4) is 0 Å². The molecule has 1 fully saturated rings. The number of nitrogens with zero attached hydrogens (tertiary/aromatic N) is 1. The van der Waals surface area contributed by atoms with Gasteiger partial charge < -0.3 is 23.7 Å². The van der Waals surface area contributed by atoms with Crippen LogP contribution in [0.15, 0.2) is 47.4 Å². The predicted octanol–water partition coefficient (Wildman–Crippen LogP) is 1.41. The first kappa shape index (κ1) is 34.6. The molecule has 1 unspecified atom stereocenters. The maximum absolute atomic E-state index is 13.8. The fourth-order valence-electron chi connectivity index (χ4n) is 5.19. The summed E-state index contributed by atoms with van der Waals surface area (Å²) in [6.07, 6.45) is -8.27. The highest BCUT2D eigenvalue weighted by Gasteiger charge is 2.55. The molecule has 4 rings (SSSR count). The molecule has 17 heteroatoms. The van der Waals surface area contributed by atoms with Crippen LogP contribution in [0.25, 0.3) is 0 Å². The topological polar surface area (TPSA) is 193 Å². The summed E-state index contributed by atoms with van der Waals surface area (Å²) < 4.78 is 55.8. The predicted molar refractivity (Wildman–Crippen MR) is 159 cm³/mol. The highest BCUT2D eigenvalue weighted by molar-refractivity contribution is 7.89. The Hall–Kier alpha value is -4.25. The Morgan fingerprint density at radius 1 is 0.913 bits per heavy atom. The molecular weight excluding hydrogens is 650 g/mol. The molecule has 2 aliphatic heterocycles. The second-order valence-electron chi connectivity index (χ2n) is 10.5. The molecule has 15 nitrogen and oxygen atoms in total. The van der Waals surface area contributed by atoms with Gasteiger partial charge in [-0.25, -0.2) is 13.2 Å². The minimum atomic E-state index is -4.74. The number of hydrogen-bond donors (Lipinski definition) is 2. The number of carbonyl (C=O) groups is 5. The minimum absolute atomic E-state index is 0.0670. The van der Waals surface area contributed by atoms with Crippen molar-refractivity contribution in [2.75, 3.05) is 12.1 Å². The van der Waals surface area contributed by atoms with Gasteiger partial charge in [0.25, 0.3) is 5.91 Å². The van der Waals surface area contributed by atoms with Gasteiger partial charge in [0, 0.05) is 26.3 Å². The van der Waals surface area contributed by atoms with Crippen molar-refractivity contribution in [2.24, 2.45) is 0 Å². The normalized spacial score (nSPS) is 23.9. The van der Waals surface area contributed by atoms with Crippen LogP contribution in [-0.4, -0.2) is 82.0 Å². The summed E-state index contributed by atoms with van der Waals surface area (Å²) in [6, 6.07) is 11.0. The monoisotopic (exact) mass is 681 g/mol. The summed E-state index contributed by atoms with van der Waals surface area (Å²) in [5.41, 5.74) is 4.55. The molecule has 0 spiro atoms. The van der Waals surface area contributed by atoms with Gasteiger partial charge in [-0.2, -0.15) is 4.72 Å². The number of esters is 4. The van der Waals surface area contributed by atoms with E-state index in [1.54, 1.807) is 5.01 Å². The first-order chi connectivity index (χ1) is 21.6. The molecule has 6 atom stereocenters. The summed E-state index contributed by atoms with van der Waals surface area (Å²) in [5.74, 6) is -4.57. The number of fused-ring (bicyclic) bond motifs is 1. The van der Waals surface area contributed by atoms with Crippen LogP contribution < -0.4 is 15.2 Å². The van der Waals surface area contributed by atoms with Gasteiger partial charge in [0.2, 0.25) is 10.0 Å². The Balaban J connectivity index is 1.67. The third kappa shape index (κ3) is 7.58. The first-order valence-electron chi connectivity index (χ1n) is 13.9. The Bertz CT molecular complexity index is 1650. The molecule has 0 bridgehead atoms. The average molecular weight is 682 g/mol. The fraction of sp³-hybridized carbons (Fsp3) is 0.414. The van der Waals surface area contributed by atoms with Crippen molar-refractivity contribution in [1.29, 1.82) is 0 Å². The molecule has 2 aromatic carbocycles. The van der Waals surface area contributed by atoms with E-state index in [1.807, 2.05) is 31.2 Å². The lowest BCUT2D eigenvalue weighted by atomic mass is 9.97. The maximum Gasteiger partial charge on any atom is 0.339 e. The molecule has 0 aromatic heterocycles. The lowest BCUT2D eigenvalue weighted by Gasteiger charge is -2.43. The van der Waals surface area contributed by atoms with E-state index in [9.17, 15) is 32.4 Å². The summed E-state index contributed by atoms with van der Waals surface area (Å²) in [6.45, 7) is 4.91. The number of halogens is 1. The van der Waals surface area contributed by atoms with Crippen LogP contribution in [-0.2, 0) is 59.3 Å². The van der Waals surface area contributed by atoms with E-state index in [1.165, 1.54) is 12.1 Å². The number of hydrogen-bond acceptors (Lipinski definition) is 13. The number of para-hydroxylation sites is 1. The zero-order valence-electron chi connectivity index (χ0n) is 25.3. The SMILES string of the molecule is COC(=O)[C@H]1O[C@@H](NS(=O)(=O)c2cc(C(=O)NN3c4ccccc4CC3C)ccc2Cl)[C@H](OC(C)=O)[C@@H](OC(C)=O)[C@@H]1OC(C)=O. The number of carbonyl (C=O) groups excluding carboxylic acids is 5. The number of ether oxygens (including phenoxy) is 5. The van der Waals surface area contributed by atoms with Gasteiger partial charge in [-0.15, -0.1) is 0 Å². The smallest absolute Gasteiger partial charge is 0.339 e. The van der Waals surface area contributed by atoms with Gasteiger partial charge in [-0.3, -0.25) is 29.6 Å². The molecule has 1 saturated heterocycles. The molecule has 0 radical (unpaired) electrons. The number of benzene rings is 2. The van der Waals surface area contributed by atoms with Crippen molar-refractivity contribution < 1.29 is 56.1 Å². The summed E-state index contributed by atoms with van der Waals surface area (Å²) in [5, 5.41) is 1.39. The number of methoxy groups -OCH3 is 1. The molecule has 2 aliphatic rings. The van der Waals surface area contributed by atoms with E-state index in [2.05, 4.69) is 10.1 Å². The zero-order valence-corrected chi connectivity index (χ0v) is 26.9. The lowest BCUT2D eigenvalue weighted by molar-refractivity contribution is -0.250. The molecule has 2 aromatic rings. The van der Waals surface area contributed by atoms with Gasteiger partial charge in [0.15, 0.2) is 30.6 Å².